The van der Waals surface area contributed by atoms with E-state index in [1.165, 1.54) is 0 Å². The number of hydrogen-bond acceptors (Lipinski definition) is 3. The predicted molar refractivity (Wildman–Crippen MR) is 87.0 cm³/mol. The molecule has 0 unspecified atom stereocenters. The number of nitrogens with zero attached hydrogens (tertiary/aromatic N) is 4. The summed E-state index contributed by atoms with van der Waals surface area (Å²) >= 11 is 6.22. The largest absolute Gasteiger partial charge is 0.224 e. The quantitative estimate of drug-likeness (QED) is 0.786. The molecular formula is C16H15ClN4. The lowest BCUT2D eigenvalue weighted by Gasteiger charge is -2.14. The Balaban J connectivity index is 1.94. The molecule has 0 fully saturated rings. The maximum absolute atomic E-state index is 6.22. The zero-order valence-corrected chi connectivity index (χ0v) is 12.7. The molecule has 1 aliphatic rings. The van der Waals surface area contributed by atoms with E-state index in [0.29, 0.717) is 6.42 Å². The molecule has 21 heavy (non-hydrogen) atoms. The van der Waals surface area contributed by atoms with Crippen molar-refractivity contribution >= 4 is 29.2 Å². The maximum atomic E-state index is 6.22. The second-order valence-electron chi connectivity index (χ2n) is 4.97. The first-order chi connectivity index (χ1) is 10.1. The Hall–Kier alpha value is -2.20. The number of allylic oxidation sites excluding steroid dienone is 1. The van der Waals surface area contributed by atoms with Crippen LogP contribution in [0, 0.1) is 6.92 Å². The van der Waals surface area contributed by atoms with Crippen LogP contribution in [0.15, 0.2) is 52.3 Å². The Morgan fingerprint density at radius 2 is 1.95 bits per heavy atom. The molecule has 1 aliphatic heterocycles. The molecule has 2 heterocycles. The SMILES string of the molecule is CC1=NN=C(n2ccc(C)n2)C/C1=C\c1ccccc1Cl. The number of benzene rings is 1. The first kappa shape index (κ1) is 13.8. The van der Waals surface area contributed by atoms with Gasteiger partial charge in [0.25, 0.3) is 0 Å². The van der Waals surface area contributed by atoms with Gasteiger partial charge in [-0.3, -0.25) is 0 Å². The van der Waals surface area contributed by atoms with Gasteiger partial charge in [0.2, 0.25) is 0 Å². The van der Waals surface area contributed by atoms with Crippen LogP contribution >= 0.6 is 11.6 Å². The van der Waals surface area contributed by atoms with Gasteiger partial charge in [0, 0.05) is 17.6 Å². The van der Waals surface area contributed by atoms with Crippen LogP contribution in [0.4, 0.5) is 0 Å². The lowest BCUT2D eigenvalue weighted by Crippen LogP contribution is -2.18. The van der Waals surface area contributed by atoms with Gasteiger partial charge in [0.15, 0.2) is 5.84 Å². The van der Waals surface area contributed by atoms with Gasteiger partial charge in [-0.25, -0.2) is 4.68 Å². The van der Waals surface area contributed by atoms with E-state index < -0.39 is 0 Å². The monoisotopic (exact) mass is 298 g/mol. The molecule has 0 N–H and O–H groups in total. The van der Waals surface area contributed by atoms with Gasteiger partial charge in [0.05, 0.1) is 11.4 Å². The van der Waals surface area contributed by atoms with E-state index in [9.17, 15) is 0 Å². The molecular weight excluding hydrogens is 284 g/mol. The summed E-state index contributed by atoms with van der Waals surface area (Å²) in [7, 11) is 0. The number of aromatic nitrogens is 2. The second-order valence-corrected chi connectivity index (χ2v) is 5.38. The lowest BCUT2D eigenvalue weighted by atomic mass is 10.0. The fourth-order valence-corrected chi connectivity index (χ4v) is 2.34. The minimum Gasteiger partial charge on any atom is -0.224 e. The molecule has 3 rings (SSSR count). The van der Waals surface area contributed by atoms with Crippen molar-refractivity contribution < 1.29 is 0 Å². The van der Waals surface area contributed by atoms with Crippen LogP contribution < -0.4 is 0 Å². The Bertz CT molecular complexity index is 768. The first-order valence-electron chi connectivity index (χ1n) is 6.73. The average molecular weight is 299 g/mol. The van der Waals surface area contributed by atoms with Crippen LogP contribution in [0.25, 0.3) is 6.08 Å². The van der Waals surface area contributed by atoms with E-state index in [2.05, 4.69) is 21.4 Å². The van der Waals surface area contributed by atoms with E-state index in [1.807, 2.05) is 50.4 Å². The third kappa shape index (κ3) is 2.95. The van der Waals surface area contributed by atoms with Gasteiger partial charge in [-0.2, -0.15) is 10.2 Å². The van der Waals surface area contributed by atoms with Crippen molar-refractivity contribution in [2.75, 3.05) is 0 Å². The van der Waals surface area contributed by atoms with Gasteiger partial charge in [-0.05, 0) is 43.2 Å². The van der Waals surface area contributed by atoms with Crippen molar-refractivity contribution in [2.24, 2.45) is 10.2 Å². The van der Waals surface area contributed by atoms with E-state index in [0.717, 1.165) is 33.4 Å². The van der Waals surface area contributed by atoms with Crippen molar-refractivity contribution in [3.8, 4) is 0 Å². The Morgan fingerprint density at radius 1 is 1.14 bits per heavy atom. The molecule has 0 saturated heterocycles. The van der Waals surface area contributed by atoms with Gasteiger partial charge >= 0.3 is 0 Å². The molecule has 0 aliphatic carbocycles. The summed E-state index contributed by atoms with van der Waals surface area (Å²) in [5.41, 5.74) is 3.95. The molecule has 2 aromatic rings. The van der Waals surface area contributed by atoms with E-state index >= 15 is 0 Å². The zero-order chi connectivity index (χ0) is 14.8. The van der Waals surface area contributed by atoms with E-state index in [1.54, 1.807) is 4.68 Å². The smallest absolute Gasteiger partial charge is 0.156 e. The highest BCUT2D eigenvalue weighted by Gasteiger charge is 2.15. The number of halogens is 1. The Kier molecular flexibility index (Phi) is 3.71. The van der Waals surface area contributed by atoms with Crippen LogP contribution in [0.1, 0.15) is 24.6 Å². The third-order valence-electron chi connectivity index (χ3n) is 3.35. The summed E-state index contributed by atoms with van der Waals surface area (Å²) in [4.78, 5) is 0. The van der Waals surface area contributed by atoms with Gasteiger partial charge in [0.1, 0.15) is 0 Å². The molecule has 1 aromatic heterocycles. The summed E-state index contributed by atoms with van der Waals surface area (Å²) in [6.07, 6.45) is 4.64. The highest BCUT2D eigenvalue weighted by Crippen LogP contribution is 2.22. The Labute approximate surface area is 128 Å². The molecule has 0 spiro atoms. The highest BCUT2D eigenvalue weighted by atomic mass is 35.5. The molecule has 106 valence electrons. The van der Waals surface area contributed by atoms with Gasteiger partial charge in [-0.1, -0.05) is 29.8 Å². The van der Waals surface area contributed by atoms with Crippen molar-refractivity contribution in [3.63, 3.8) is 0 Å². The number of aryl methyl sites for hydroxylation is 1. The number of rotatable bonds is 1. The normalized spacial score (nSPS) is 16.8. The topological polar surface area (TPSA) is 42.5 Å². The van der Waals surface area contributed by atoms with Crippen LogP contribution in [0.5, 0.6) is 0 Å². The minimum absolute atomic E-state index is 0.682. The fraction of sp³-hybridized carbons (Fsp3) is 0.188. The zero-order valence-electron chi connectivity index (χ0n) is 11.9. The molecule has 5 heteroatoms. The fourth-order valence-electron chi connectivity index (χ4n) is 2.15. The Morgan fingerprint density at radius 3 is 2.67 bits per heavy atom. The second kappa shape index (κ2) is 5.66. The van der Waals surface area contributed by atoms with Gasteiger partial charge in [-0.15, -0.1) is 5.10 Å². The lowest BCUT2D eigenvalue weighted by molar-refractivity contribution is 0.875. The van der Waals surface area contributed by atoms with Crippen molar-refractivity contribution in [3.05, 3.63) is 58.4 Å². The molecule has 0 saturated carbocycles. The van der Waals surface area contributed by atoms with Crippen LogP contribution in [0.3, 0.4) is 0 Å². The van der Waals surface area contributed by atoms with Gasteiger partial charge < -0.3 is 0 Å². The minimum atomic E-state index is 0.682. The van der Waals surface area contributed by atoms with Crippen molar-refractivity contribution in [1.29, 1.82) is 0 Å². The predicted octanol–water partition coefficient (Wildman–Crippen LogP) is 3.95. The average Bonchev–Trinajstić information content (AvgIpc) is 2.90. The molecule has 1 aromatic carbocycles. The molecule has 0 bridgehead atoms. The summed E-state index contributed by atoms with van der Waals surface area (Å²) in [6.45, 7) is 3.91. The third-order valence-corrected chi connectivity index (χ3v) is 3.69. The molecule has 0 atom stereocenters. The first-order valence-corrected chi connectivity index (χ1v) is 7.10. The summed E-state index contributed by atoms with van der Waals surface area (Å²) in [5.74, 6) is 0.812. The molecule has 0 amide bonds. The highest BCUT2D eigenvalue weighted by molar-refractivity contribution is 6.32. The summed E-state index contributed by atoms with van der Waals surface area (Å²) in [6, 6.07) is 9.72. The van der Waals surface area contributed by atoms with Crippen molar-refractivity contribution in [2.45, 2.75) is 20.3 Å². The molecule has 0 radical (unpaired) electrons. The summed E-state index contributed by atoms with van der Waals surface area (Å²) < 4.78 is 1.77. The number of hydrogen-bond donors (Lipinski definition) is 0. The molecule has 4 nitrogen and oxygen atoms in total. The van der Waals surface area contributed by atoms with E-state index in [4.69, 9.17) is 11.6 Å². The maximum Gasteiger partial charge on any atom is 0.156 e. The van der Waals surface area contributed by atoms with Crippen LogP contribution in [-0.2, 0) is 0 Å². The van der Waals surface area contributed by atoms with Crippen molar-refractivity contribution in [1.82, 2.24) is 9.78 Å². The van der Waals surface area contributed by atoms with Crippen LogP contribution in [0.2, 0.25) is 5.02 Å². The van der Waals surface area contributed by atoms with Crippen LogP contribution in [-0.4, -0.2) is 21.3 Å². The standard InChI is InChI=1S/C16H15ClN4/c1-11-7-8-21(20-11)16-10-14(12(2)18-19-16)9-13-5-3-4-6-15(13)17/h3-9H,10H2,1-2H3/b14-9+. The van der Waals surface area contributed by atoms with E-state index in [-0.39, 0.29) is 0 Å². The summed E-state index contributed by atoms with van der Waals surface area (Å²) in [5, 5.41) is 13.6.